The van der Waals surface area contributed by atoms with Gasteiger partial charge in [0.1, 0.15) is 11.5 Å². The second-order valence-corrected chi connectivity index (χ2v) is 9.23. The third-order valence-electron chi connectivity index (χ3n) is 7.34. The van der Waals surface area contributed by atoms with Crippen molar-refractivity contribution in [1.29, 1.82) is 0 Å². The second-order valence-electron chi connectivity index (χ2n) is 9.23. The van der Waals surface area contributed by atoms with Crippen molar-refractivity contribution in [3.8, 4) is 11.5 Å². The first-order valence-corrected chi connectivity index (χ1v) is 11.8. The summed E-state index contributed by atoms with van der Waals surface area (Å²) in [5.74, 6) is 1.92. The Balaban J connectivity index is 1.73. The fourth-order valence-corrected chi connectivity index (χ4v) is 5.55. The van der Waals surface area contributed by atoms with Gasteiger partial charge >= 0.3 is 0 Å². The van der Waals surface area contributed by atoms with Crippen LogP contribution >= 0.6 is 0 Å². The van der Waals surface area contributed by atoms with Gasteiger partial charge in [0, 0.05) is 6.42 Å². The van der Waals surface area contributed by atoms with Crippen LogP contribution in [-0.4, -0.2) is 10.2 Å². The van der Waals surface area contributed by atoms with Gasteiger partial charge in [-0.05, 0) is 83.7 Å². The van der Waals surface area contributed by atoms with Gasteiger partial charge in [-0.15, -0.1) is 0 Å². The number of aromatic hydroxyl groups is 2. The molecule has 0 amide bonds. The van der Waals surface area contributed by atoms with E-state index in [4.69, 9.17) is 0 Å². The van der Waals surface area contributed by atoms with Gasteiger partial charge in [-0.2, -0.15) is 0 Å². The van der Waals surface area contributed by atoms with Crippen molar-refractivity contribution in [1.82, 2.24) is 0 Å². The summed E-state index contributed by atoms with van der Waals surface area (Å²) in [6.45, 7) is 4.37. The Labute approximate surface area is 176 Å². The fraction of sp³-hybridized carbons (Fsp3) is 0.556. The minimum atomic E-state index is 0.470. The van der Waals surface area contributed by atoms with Gasteiger partial charge in [0.05, 0.1) is 0 Å². The molecular formula is C27H36O2. The van der Waals surface area contributed by atoms with E-state index in [9.17, 15) is 10.2 Å². The lowest BCUT2D eigenvalue weighted by Gasteiger charge is -2.20. The van der Waals surface area contributed by atoms with E-state index in [0.717, 1.165) is 35.1 Å². The fourth-order valence-electron chi connectivity index (χ4n) is 5.55. The van der Waals surface area contributed by atoms with E-state index in [1.54, 1.807) is 0 Å². The molecule has 0 heterocycles. The lowest BCUT2D eigenvalue weighted by atomic mass is 9.87. The molecule has 0 aliphatic heterocycles. The van der Waals surface area contributed by atoms with Crippen LogP contribution in [0.2, 0.25) is 0 Å². The minimum absolute atomic E-state index is 0.470. The van der Waals surface area contributed by atoms with Crippen LogP contribution in [0, 0.1) is 0 Å². The summed E-state index contributed by atoms with van der Waals surface area (Å²) >= 11 is 0. The molecule has 2 nitrogen and oxygen atoms in total. The highest BCUT2D eigenvalue weighted by atomic mass is 16.3. The molecule has 2 aromatic carbocycles. The van der Waals surface area contributed by atoms with Crippen LogP contribution in [0.4, 0.5) is 0 Å². The van der Waals surface area contributed by atoms with Gasteiger partial charge in [-0.3, -0.25) is 0 Å². The topological polar surface area (TPSA) is 40.5 Å². The Hall–Kier alpha value is -1.96. The van der Waals surface area contributed by atoms with Crippen LogP contribution in [0.5, 0.6) is 11.5 Å². The van der Waals surface area contributed by atoms with Crippen molar-refractivity contribution < 1.29 is 10.2 Å². The average Bonchev–Trinajstić information content (AvgIpc) is 3.45. The van der Waals surface area contributed by atoms with Crippen LogP contribution in [0.15, 0.2) is 24.3 Å². The summed E-state index contributed by atoms with van der Waals surface area (Å²) in [7, 11) is 0. The normalized spacial score (nSPS) is 18.0. The molecule has 29 heavy (non-hydrogen) atoms. The lowest BCUT2D eigenvalue weighted by Crippen LogP contribution is -2.02. The number of aryl methyl sites for hydroxylation is 2. The average molecular weight is 393 g/mol. The molecule has 0 bridgehead atoms. The summed E-state index contributed by atoms with van der Waals surface area (Å²) in [6, 6.07) is 8.75. The monoisotopic (exact) mass is 392 g/mol. The molecule has 0 spiro atoms. The SMILES string of the molecule is CCc1cc(Cc2cc(CC)cc(C3CCCC3)c2O)c(O)c(C2CCCC2)c1. The highest BCUT2D eigenvalue weighted by Gasteiger charge is 2.25. The number of rotatable bonds is 6. The van der Waals surface area contributed by atoms with E-state index in [0.29, 0.717) is 29.8 Å². The standard InChI is InChI=1S/C27H36O2/c1-3-18-13-22(26(28)24(15-18)20-9-5-6-10-20)17-23-14-19(4-2)16-25(27(23)29)21-11-7-8-12-21/h13-16,20-21,28-29H,3-12,17H2,1-2H3. The third-order valence-corrected chi connectivity index (χ3v) is 7.34. The van der Waals surface area contributed by atoms with Gasteiger partial charge in [0.2, 0.25) is 0 Å². The van der Waals surface area contributed by atoms with Crippen molar-refractivity contribution in [3.63, 3.8) is 0 Å². The summed E-state index contributed by atoms with van der Waals surface area (Å²) < 4.78 is 0. The van der Waals surface area contributed by atoms with Gasteiger partial charge < -0.3 is 10.2 Å². The van der Waals surface area contributed by atoms with Gasteiger partial charge in [0.15, 0.2) is 0 Å². The van der Waals surface area contributed by atoms with E-state index >= 15 is 0 Å². The van der Waals surface area contributed by atoms with Crippen LogP contribution in [0.25, 0.3) is 0 Å². The quantitative estimate of drug-likeness (QED) is 0.549. The minimum Gasteiger partial charge on any atom is -0.507 e. The van der Waals surface area contributed by atoms with Crippen molar-refractivity contribution in [2.24, 2.45) is 0 Å². The molecule has 2 aliphatic rings. The van der Waals surface area contributed by atoms with E-state index < -0.39 is 0 Å². The predicted octanol–water partition coefficient (Wildman–Crippen LogP) is 7.13. The number of hydrogen-bond donors (Lipinski definition) is 2. The summed E-state index contributed by atoms with van der Waals surface area (Å²) in [4.78, 5) is 0. The summed E-state index contributed by atoms with van der Waals surface area (Å²) in [6.07, 6.45) is 12.3. The van der Waals surface area contributed by atoms with E-state index in [-0.39, 0.29) is 0 Å². The molecule has 2 saturated carbocycles. The van der Waals surface area contributed by atoms with Crippen molar-refractivity contribution >= 4 is 0 Å². The highest BCUT2D eigenvalue weighted by Crippen LogP contribution is 2.44. The first-order valence-electron chi connectivity index (χ1n) is 11.8. The van der Waals surface area contributed by atoms with Gasteiger partial charge in [0.25, 0.3) is 0 Å². The Kier molecular flexibility index (Phi) is 6.18. The van der Waals surface area contributed by atoms with Crippen molar-refractivity contribution in [3.05, 3.63) is 57.6 Å². The van der Waals surface area contributed by atoms with E-state index in [1.807, 2.05) is 0 Å². The maximum atomic E-state index is 11.1. The van der Waals surface area contributed by atoms with Crippen molar-refractivity contribution in [2.45, 2.75) is 96.3 Å². The summed E-state index contributed by atoms with van der Waals surface area (Å²) in [5.41, 5.74) is 6.82. The molecule has 4 rings (SSSR count). The molecule has 0 saturated heterocycles. The molecule has 2 N–H and O–H groups in total. The molecule has 156 valence electrons. The Morgan fingerprint density at radius 3 is 1.38 bits per heavy atom. The second kappa shape index (κ2) is 8.81. The van der Waals surface area contributed by atoms with E-state index in [1.165, 1.54) is 62.5 Å². The molecule has 2 aliphatic carbocycles. The zero-order chi connectivity index (χ0) is 20.4. The smallest absolute Gasteiger partial charge is 0.122 e. The molecule has 0 atom stereocenters. The predicted molar refractivity (Wildman–Crippen MR) is 120 cm³/mol. The maximum absolute atomic E-state index is 11.1. The largest absolute Gasteiger partial charge is 0.507 e. The number of phenols is 2. The van der Waals surface area contributed by atoms with Gasteiger partial charge in [-0.1, -0.05) is 63.8 Å². The van der Waals surface area contributed by atoms with Crippen molar-refractivity contribution in [2.75, 3.05) is 0 Å². The highest BCUT2D eigenvalue weighted by molar-refractivity contribution is 5.52. The molecule has 0 aromatic heterocycles. The number of benzene rings is 2. The molecule has 0 radical (unpaired) electrons. The Morgan fingerprint density at radius 1 is 0.655 bits per heavy atom. The van der Waals surface area contributed by atoms with Crippen LogP contribution < -0.4 is 0 Å². The van der Waals surface area contributed by atoms with Gasteiger partial charge in [-0.25, -0.2) is 0 Å². The zero-order valence-electron chi connectivity index (χ0n) is 18.1. The van der Waals surface area contributed by atoms with Crippen LogP contribution in [0.1, 0.15) is 110 Å². The summed E-state index contributed by atoms with van der Waals surface area (Å²) in [5, 5.41) is 22.3. The zero-order valence-corrected chi connectivity index (χ0v) is 18.1. The number of phenolic OH excluding ortho intramolecular Hbond substituents is 2. The van der Waals surface area contributed by atoms with Crippen LogP contribution in [-0.2, 0) is 19.3 Å². The molecule has 2 heteroatoms. The lowest BCUT2D eigenvalue weighted by molar-refractivity contribution is 0.448. The van der Waals surface area contributed by atoms with E-state index in [2.05, 4.69) is 38.1 Å². The third kappa shape index (κ3) is 4.17. The first-order chi connectivity index (χ1) is 14.1. The molecule has 2 fully saturated rings. The molecule has 0 unspecified atom stereocenters. The Bertz CT molecular complexity index is 784. The Morgan fingerprint density at radius 2 is 1.03 bits per heavy atom. The van der Waals surface area contributed by atoms with Crippen LogP contribution in [0.3, 0.4) is 0 Å². The maximum Gasteiger partial charge on any atom is 0.122 e. The molecule has 2 aromatic rings. The first kappa shape index (κ1) is 20.3. The molecular weight excluding hydrogens is 356 g/mol. The number of hydrogen-bond acceptors (Lipinski definition) is 2.